The SMILES string of the molecule is C=CCC1(/C(C)=C/C)C(=O)NC(=O)NC1=O. The Labute approximate surface area is 93.6 Å². The molecule has 86 valence electrons. The molecule has 0 saturated carbocycles. The van der Waals surface area contributed by atoms with Gasteiger partial charge in [0.05, 0.1) is 0 Å². The molecule has 0 aromatic heterocycles. The fourth-order valence-corrected chi connectivity index (χ4v) is 1.72. The van der Waals surface area contributed by atoms with Crippen LogP contribution in [0, 0.1) is 5.41 Å². The molecule has 5 heteroatoms. The van der Waals surface area contributed by atoms with E-state index in [1.807, 2.05) is 0 Å². The largest absolute Gasteiger partial charge is 0.328 e. The molecule has 2 N–H and O–H groups in total. The van der Waals surface area contributed by atoms with Gasteiger partial charge in [-0.3, -0.25) is 20.2 Å². The minimum absolute atomic E-state index is 0.161. The molecule has 0 bridgehead atoms. The van der Waals surface area contributed by atoms with Gasteiger partial charge in [-0.2, -0.15) is 0 Å². The Morgan fingerprint density at radius 1 is 1.31 bits per heavy atom. The highest BCUT2D eigenvalue weighted by Crippen LogP contribution is 2.34. The average molecular weight is 222 g/mol. The molecule has 0 unspecified atom stereocenters. The first-order valence-electron chi connectivity index (χ1n) is 4.90. The number of hydrogen-bond acceptors (Lipinski definition) is 3. The molecule has 4 amide bonds. The molecule has 1 heterocycles. The van der Waals surface area contributed by atoms with Crippen molar-refractivity contribution in [1.82, 2.24) is 10.6 Å². The lowest BCUT2D eigenvalue weighted by Crippen LogP contribution is -2.62. The van der Waals surface area contributed by atoms with Gasteiger partial charge in [0.1, 0.15) is 0 Å². The molecule has 1 aliphatic heterocycles. The fourth-order valence-electron chi connectivity index (χ4n) is 1.72. The van der Waals surface area contributed by atoms with E-state index in [2.05, 4.69) is 17.2 Å². The van der Waals surface area contributed by atoms with Crippen molar-refractivity contribution in [3.63, 3.8) is 0 Å². The number of carbonyl (C=O) groups excluding carboxylic acids is 3. The van der Waals surface area contributed by atoms with E-state index < -0.39 is 23.3 Å². The highest BCUT2D eigenvalue weighted by atomic mass is 16.2. The first kappa shape index (κ1) is 12.2. The third-order valence-corrected chi connectivity index (χ3v) is 2.79. The highest BCUT2D eigenvalue weighted by Gasteiger charge is 2.50. The van der Waals surface area contributed by atoms with E-state index in [1.165, 1.54) is 6.08 Å². The number of amides is 4. The molecular weight excluding hydrogens is 208 g/mol. The standard InChI is InChI=1S/C11H14N2O3/c1-4-6-11(7(3)5-2)8(14)12-10(16)13-9(11)15/h4-5H,1,6H2,2-3H3,(H2,12,13,14,15,16)/b7-5+. The summed E-state index contributed by atoms with van der Waals surface area (Å²) < 4.78 is 0. The van der Waals surface area contributed by atoms with Gasteiger partial charge in [-0.1, -0.05) is 17.7 Å². The summed E-state index contributed by atoms with van der Waals surface area (Å²) in [7, 11) is 0. The van der Waals surface area contributed by atoms with Gasteiger partial charge in [-0.15, -0.1) is 6.58 Å². The summed E-state index contributed by atoms with van der Waals surface area (Å²) >= 11 is 0. The van der Waals surface area contributed by atoms with Crippen molar-refractivity contribution < 1.29 is 14.4 Å². The summed E-state index contributed by atoms with van der Waals surface area (Å²) in [6.07, 6.45) is 3.33. The van der Waals surface area contributed by atoms with Gasteiger partial charge in [0.25, 0.3) is 0 Å². The number of nitrogens with one attached hydrogen (secondary N) is 2. The Hall–Kier alpha value is -1.91. The number of allylic oxidation sites excluding steroid dienone is 2. The van der Waals surface area contributed by atoms with E-state index in [4.69, 9.17) is 0 Å². The first-order valence-corrected chi connectivity index (χ1v) is 4.90. The van der Waals surface area contributed by atoms with Gasteiger partial charge >= 0.3 is 6.03 Å². The molecule has 0 radical (unpaired) electrons. The second kappa shape index (κ2) is 4.30. The predicted octanol–water partition coefficient (Wildman–Crippen LogP) is 0.881. The molecule has 1 saturated heterocycles. The number of carbonyl (C=O) groups is 3. The molecule has 0 atom stereocenters. The molecule has 16 heavy (non-hydrogen) atoms. The lowest BCUT2D eigenvalue weighted by atomic mass is 9.75. The molecule has 0 aromatic carbocycles. The highest BCUT2D eigenvalue weighted by molar-refractivity contribution is 6.21. The van der Waals surface area contributed by atoms with Crippen molar-refractivity contribution in [3.05, 3.63) is 24.3 Å². The van der Waals surface area contributed by atoms with Gasteiger partial charge in [0, 0.05) is 0 Å². The minimum Gasteiger partial charge on any atom is -0.277 e. The van der Waals surface area contributed by atoms with Crippen LogP contribution in [0.25, 0.3) is 0 Å². The van der Waals surface area contributed by atoms with Crippen LogP contribution in [-0.2, 0) is 9.59 Å². The van der Waals surface area contributed by atoms with Crippen LogP contribution in [0.5, 0.6) is 0 Å². The van der Waals surface area contributed by atoms with Crippen molar-refractivity contribution in [2.24, 2.45) is 5.41 Å². The van der Waals surface area contributed by atoms with Gasteiger partial charge in [-0.05, 0) is 20.3 Å². The second-order valence-electron chi connectivity index (χ2n) is 3.61. The van der Waals surface area contributed by atoms with Gasteiger partial charge < -0.3 is 0 Å². The summed E-state index contributed by atoms with van der Waals surface area (Å²) in [5.41, 5.74) is -0.750. The third-order valence-electron chi connectivity index (χ3n) is 2.79. The van der Waals surface area contributed by atoms with Crippen molar-refractivity contribution in [2.45, 2.75) is 20.3 Å². The number of imide groups is 2. The maximum absolute atomic E-state index is 11.8. The maximum Gasteiger partial charge on any atom is 0.328 e. The molecule has 1 aliphatic rings. The van der Waals surface area contributed by atoms with Crippen LogP contribution in [0.3, 0.4) is 0 Å². The van der Waals surface area contributed by atoms with Crippen molar-refractivity contribution in [1.29, 1.82) is 0 Å². The summed E-state index contributed by atoms with van der Waals surface area (Å²) in [6.45, 7) is 6.94. The molecule has 0 aliphatic carbocycles. The van der Waals surface area contributed by atoms with Gasteiger partial charge in [0.2, 0.25) is 11.8 Å². The Kier molecular flexibility index (Phi) is 3.27. The maximum atomic E-state index is 11.8. The van der Waals surface area contributed by atoms with Crippen molar-refractivity contribution in [3.8, 4) is 0 Å². The zero-order chi connectivity index (χ0) is 12.3. The summed E-state index contributed by atoms with van der Waals surface area (Å²) in [5.74, 6) is -1.20. The number of hydrogen-bond donors (Lipinski definition) is 2. The lowest BCUT2D eigenvalue weighted by molar-refractivity contribution is -0.141. The molecule has 1 fully saturated rings. The van der Waals surface area contributed by atoms with E-state index >= 15 is 0 Å². The Bertz CT molecular complexity index is 376. The van der Waals surface area contributed by atoms with Crippen LogP contribution < -0.4 is 10.6 Å². The fraction of sp³-hybridized carbons (Fsp3) is 0.364. The third kappa shape index (κ3) is 1.64. The monoisotopic (exact) mass is 222 g/mol. The zero-order valence-corrected chi connectivity index (χ0v) is 9.29. The van der Waals surface area contributed by atoms with Crippen molar-refractivity contribution in [2.75, 3.05) is 0 Å². The summed E-state index contributed by atoms with van der Waals surface area (Å²) in [4.78, 5) is 34.7. The van der Waals surface area contributed by atoms with Crippen molar-refractivity contribution >= 4 is 17.8 Å². The molecule has 0 aromatic rings. The summed E-state index contributed by atoms with van der Waals surface area (Å²) in [5, 5.41) is 4.20. The van der Waals surface area contributed by atoms with Gasteiger partial charge in [0.15, 0.2) is 5.41 Å². The molecule has 5 nitrogen and oxygen atoms in total. The van der Waals surface area contributed by atoms with E-state index in [0.29, 0.717) is 5.57 Å². The van der Waals surface area contributed by atoms with Crippen LogP contribution in [0.2, 0.25) is 0 Å². The minimum atomic E-state index is -1.34. The number of urea groups is 1. The predicted molar refractivity (Wildman–Crippen MR) is 58.4 cm³/mol. The van der Waals surface area contributed by atoms with Crippen LogP contribution >= 0.6 is 0 Å². The van der Waals surface area contributed by atoms with Crippen LogP contribution in [0.15, 0.2) is 24.3 Å². The zero-order valence-electron chi connectivity index (χ0n) is 9.29. The van der Waals surface area contributed by atoms with E-state index in [-0.39, 0.29) is 6.42 Å². The molecule has 1 rings (SSSR count). The Morgan fingerprint density at radius 2 is 1.81 bits per heavy atom. The van der Waals surface area contributed by atoms with E-state index in [0.717, 1.165) is 0 Å². The Balaban J connectivity index is 3.27. The van der Waals surface area contributed by atoms with E-state index in [1.54, 1.807) is 19.9 Å². The number of barbiturate groups is 1. The second-order valence-corrected chi connectivity index (χ2v) is 3.61. The van der Waals surface area contributed by atoms with Crippen LogP contribution in [0.1, 0.15) is 20.3 Å². The van der Waals surface area contributed by atoms with Gasteiger partial charge in [-0.25, -0.2) is 4.79 Å². The smallest absolute Gasteiger partial charge is 0.277 e. The Morgan fingerprint density at radius 3 is 2.19 bits per heavy atom. The molecule has 0 spiro atoms. The topological polar surface area (TPSA) is 75.3 Å². The first-order chi connectivity index (χ1) is 7.48. The van der Waals surface area contributed by atoms with Crippen LogP contribution in [0.4, 0.5) is 4.79 Å². The quantitative estimate of drug-likeness (QED) is 0.550. The molecular formula is C11H14N2O3. The number of rotatable bonds is 3. The summed E-state index contributed by atoms with van der Waals surface area (Å²) in [6, 6.07) is -0.779. The van der Waals surface area contributed by atoms with E-state index in [9.17, 15) is 14.4 Å². The van der Waals surface area contributed by atoms with Crippen LogP contribution in [-0.4, -0.2) is 17.8 Å². The average Bonchev–Trinajstić information content (AvgIpc) is 2.22. The normalized spacial score (nSPS) is 20.1. The lowest BCUT2D eigenvalue weighted by Gasteiger charge is -2.33.